The molecule has 2 amide bonds. The van der Waals surface area contributed by atoms with Gasteiger partial charge in [-0.3, -0.25) is 10.2 Å². The second kappa shape index (κ2) is 9.67. The molecule has 0 saturated carbocycles. The van der Waals surface area contributed by atoms with Crippen LogP contribution in [0.4, 0.5) is 4.79 Å². The average molecular weight is 467 g/mol. The number of carbonyl (C=O) groups excluding carboxylic acids is 2. The van der Waals surface area contributed by atoms with Crippen LogP contribution in [0, 0.1) is 13.8 Å². The first kappa shape index (κ1) is 22.4. The number of thiazole rings is 1. The molecule has 0 bridgehead atoms. The highest BCUT2D eigenvalue weighted by Crippen LogP contribution is 2.37. The lowest BCUT2D eigenvalue weighted by molar-refractivity contribution is 0.0896. The molecule has 2 heterocycles. The second-order valence-corrected chi connectivity index (χ2v) is 7.58. The van der Waals surface area contributed by atoms with Gasteiger partial charge in [0.1, 0.15) is 12.4 Å². The summed E-state index contributed by atoms with van der Waals surface area (Å²) < 4.78 is 20.6. The van der Waals surface area contributed by atoms with Crippen LogP contribution in [0.2, 0.25) is 5.02 Å². The van der Waals surface area contributed by atoms with Gasteiger partial charge in [-0.1, -0.05) is 22.8 Å². The number of nitrogens with one attached hydrogen (secondary N) is 2. The minimum absolute atomic E-state index is 0.00830. The van der Waals surface area contributed by atoms with E-state index in [1.807, 2.05) is 6.92 Å². The van der Waals surface area contributed by atoms with Crippen molar-refractivity contribution in [1.29, 1.82) is 0 Å². The van der Waals surface area contributed by atoms with Gasteiger partial charge in [-0.2, -0.15) is 0 Å². The normalized spacial score (nSPS) is 10.5. The molecule has 0 aliphatic rings. The second-order valence-electron chi connectivity index (χ2n) is 6.14. The van der Waals surface area contributed by atoms with Crippen LogP contribution in [-0.2, 0) is 11.3 Å². The molecule has 0 unspecified atom stereocenters. The molecule has 0 saturated heterocycles. The zero-order chi connectivity index (χ0) is 22.5. The minimum atomic E-state index is -0.898. The Labute approximate surface area is 186 Å². The lowest BCUT2D eigenvalue weighted by Crippen LogP contribution is -2.42. The molecule has 2 aromatic heterocycles. The van der Waals surface area contributed by atoms with Crippen molar-refractivity contribution < 1.29 is 28.3 Å². The predicted octanol–water partition coefficient (Wildman–Crippen LogP) is 3.66. The summed E-state index contributed by atoms with van der Waals surface area (Å²) in [5.41, 5.74) is 5.89. The van der Waals surface area contributed by atoms with E-state index in [-0.39, 0.29) is 17.3 Å². The van der Waals surface area contributed by atoms with E-state index >= 15 is 0 Å². The van der Waals surface area contributed by atoms with Gasteiger partial charge in [0.2, 0.25) is 0 Å². The van der Waals surface area contributed by atoms with Gasteiger partial charge < -0.3 is 18.7 Å². The summed E-state index contributed by atoms with van der Waals surface area (Å²) in [7, 11) is 2.93. The molecule has 31 heavy (non-hydrogen) atoms. The third-order valence-electron chi connectivity index (χ3n) is 4.15. The van der Waals surface area contributed by atoms with E-state index in [0.717, 1.165) is 5.01 Å². The van der Waals surface area contributed by atoms with Crippen LogP contribution in [0.15, 0.2) is 22.0 Å². The molecule has 3 rings (SSSR count). The number of benzene rings is 1. The molecule has 164 valence electrons. The Balaban J connectivity index is 1.61. The van der Waals surface area contributed by atoms with Crippen LogP contribution in [0.3, 0.4) is 0 Å². The standard InChI is InChI=1S/C19H19ClN4O6S/c1-9-14(12-8-31-10(2)21-12)16(24-30-9)18(25)22-23-19(26)29-7-11-5-6-13(27-3)17(28-4)15(11)20/h5-6,8H,7H2,1-4H3,(H,22,25)(H,23,26). The number of methoxy groups -OCH3 is 2. The van der Waals surface area contributed by atoms with E-state index in [2.05, 4.69) is 21.0 Å². The minimum Gasteiger partial charge on any atom is -0.493 e. The molecule has 0 fully saturated rings. The van der Waals surface area contributed by atoms with Crippen LogP contribution in [0.1, 0.15) is 26.8 Å². The predicted molar refractivity (Wildman–Crippen MR) is 112 cm³/mol. The van der Waals surface area contributed by atoms with Crippen LogP contribution >= 0.6 is 22.9 Å². The molecule has 0 aliphatic carbocycles. The zero-order valence-electron chi connectivity index (χ0n) is 17.1. The lowest BCUT2D eigenvalue weighted by atomic mass is 10.1. The number of aromatic nitrogens is 2. The summed E-state index contributed by atoms with van der Waals surface area (Å²) in [5, 5.41) is 6.63. The Morgan fingerprint density at radius 1 is 1.19 bits per heavy atom. The van der Waals surface area contributed by atoms with Gasteiger partial charge in [-0.05, 0) is 19.9 Å². The van der Waals surface area contributed by atoms with Gasteiger partial charge in [0.05, 0.1) is 35.5 Å². The zero-order valence-corrected chi connectivity index (χ0v) is 18.6. The molecule has 2 N–H and O–H groups in total. The summed E-state index contributed by atoms with van der Waals surface area (Å²) in [5.74, 6) is 0.520. The fourth-order valence-electron chi connectivity index (χ4n) is 2.69. The summed E-state index contributed by atoms with van der Waals surface area (Å²) >= 11 is 7.68. The van der Waals surface area contributed by atoms with Crippen molar-refractivity contribution in [1.82, 2.24) is 21.0 Å². The number of aryl methyl sites for hydroxylation is 2. The van der Waals surface area contributed by atoms with Crippen molar-refractivity contribution in [3.8, 4) is 22.8 Å². The van der Waals surface area contributed by atoms with E-state index in [9.17, 15) is 9.59 Å². The molecule has 0 atom stereocenters. The first-order valence-corrected chi connectivity index (χ1v) is 10.1. The van der Waals surface area contributed by atoms with Crippen molar-refractivity contribution in [2.45, 2.75) is 20.5 Å². The average Bonchev–Trinajstić information content (AvgIpc) is 3.35. The third-order valence-corrected chi connectivity index (χ3v) is 5.34. The molecule has 1 aromatic carbocycles. The Kier molecular flexibility index (Phi) is 6.98. The maximum atomic E-state index is 12.5. The van der Waals surface area contributed by atoms with E-state index in [1.165, 1.54) is 25.6 Å². The van der Waals surface area contributed by atoms with E-state index < -0.39 is 12.0 Å². The fraction of sp³-hybridized carbons (Fsp3) is 0.263. The van der Waals surface area contributed by atoms with Crippen molar-refractivity contribution >= 4 is 34.9 Å². The van der Waals surface area contributed by atoms with Crippen molar-refractivity contribution in [2.24, 2.45) is 0 Å². The topological polar surface area (TPSA) is 125 Å². The maximum Gasteiger partial charge on any atom is 0.426 e. The van der Waals surface area contributed by atoms with E-state index in [1.54, 1.807) is 24.4 Å². The number of hydrogen-bond donors (Lipinski definition) is 2. The highest BCUT2D eigenvalue weighted by Gasteiger charge is 2.23. The van der Waals surface area contributed by atoms with Gasteiger partial charge in [-0.25, -0.2) is 15.2 Å². The van der Waals surface area contributed by atoms with Gasteiger partial charge in [0.15, 0.2) is 17.2 Å². The maximum absolute atomic E-state index is 12.5. The van der Waals surface area contributed by atoms with E-state index in [4.69, 9.17) is 30.3 Å². The van der Waals surface area contributed by atoms with Gasteiger partial charge >= 0.3 is 6.09 Å². The summed E-state index contributed by atoms with van der Waals surface area (Å²) in [4.78, 5) is 28.8. The van der Waals surface area contributed by atoms with Crippen molar-refractivity contribution in [3.05, 3.63) is 44.6 Å². The molecule has 0 spiro atoms. The third kappa shape index (κ3) is 4.89. The molecule has 12 heteroatoms. The Hall–Kier alpha value is -3.31. The van der Waals surface area contributed by atoms with Gasteiger partial charge in [0, 0.05) is 10.9 Å². The van der Waals surface area contributed by atoms with Crippen LogP contribution in [-0.4, -0.2) is 36.4 Å². The molecule has 0 radical (unpaired) electrons. The van der Waals surface area contributed by atoms with Crippen LogP contribution in [0.5, 0.6) is 11.5 Å². The SMILES string of the molecule is COc1ccc(COC(=O)NNC(=O)c2noc(C)c2-c2csc(C)n2)c(Cl)c1OC. The number of nitrogens with zero attached hydrogens (tertiary/aromatic N) is 2. The molecule has 0 aliphatic heterocycles. The number of carbonyl (C=O) groups is 2. The fourth-order valence-corrected chi connectivity index (χ4v) is 3.59. The first-order valence-electron chi connectivity index (χ1n) is 8.87. The number of amides is 2. The number of hydrazine groups is 1. The monoisotopic (exact) mass is 466 g/mol. The molecular weight excluding hydrogens is 448 g/mol. The number of halogens is 1. The summed E-state index contributed by atoms with van der Waals surface area (Å²) in [6, 6.07) is 3.27. The smallest absolute Gasteiger partial charge is 0.426 e. The van der Waals surface area contributed by atoms with Gasteiger partial charge in [-0.15, -0.1) is 11.3 Å². The Morgan fingerprint density at radius 3 is 2.61 bits per heavy atom. The Bertz CT molecular complexity index is 1110. The highest BCUT2D eigenvalue weighted by molar-refractivity contribution is 7.09. The number of rotatable bonds is 6. The molecule has 3 aromatic rings. The summed E-state index contributed by atoms with van der Waals surface area (Å²) in [6.45, 7) is 3.36. The first-order chi connectivity index (χ1) is 14.8. The molecule has 10 nitrogen and oxygen atoms in total. The largest absolute Gasteiger partial charge is 0.493 e. The summed E-state index contributed by atoms with van der Waals surface area (Å²) in [6.07, 6.45) is -0.898. The van der Waals surface area contributed by atoms with Crippen molar-refractivity contribution in [2.75, 3.05) is 14.2 Å². The number of ether oxygens (including phenoxy) is 3. The quantitative estimate of drug-likeness (QED) is 0.527. The van der Waals surface area contributed by atoms with Crippen LogP contribution < -0.4 is 20.3 Å². The molecular formula is C19H19ClN4O6S. The van der Waals surface area contributed by atoms with Gasteiger partial charge in [0.25, 0.3) is 5.91 Å². The Morgan fingerprint density at radius 2 is 1.97 bits per heavy atom. The highest BCUT2D eigenvalue weighted by atomic mass is 35.5. The van der Waals surface area contributed by atoms with Crippen LogP contribution in [0.25, 0.3) is 11.3 Å². The van der Waals surface area contributed by atoms with E-state index in [0.29, 0.717) is 34.1 Å². The lowest BCUT2D eigenvalue weighted by Gasteiger charge is -2.13. The van der Waals surface area contributed by atoms with Crippen molar-refractivity contribution in [3.63, 3.8) is 0 Å². The number of hydrogen-bond acceptors (Lipinski definition) is 9.